The summed E-state index contributed by atoms with van der Waals surface area (Å²) in [7, 11) is 1.66. The topological polar surface area (TPSA) is 84.7 Å². The summed E-state index contributed by atoms with van der Waals surface area (Å²) >= 11 is 0. The zero-order valence-electron chi connectivity index (χ0n) is 10.7. The molecule has 0 bridgehead atoms. The summed E-state index contributed by atoms with van der Waals surface area (Å²) in [6, 6.07) is -0.179. The Hall–Kier alpha value is -1.14. The van der Waals surface area contributed by atoms with Crippen molar-refractivity contribution in [1.82, 2.24) is 10.2 Å². The van der Waals surface area contributed by atoms with Crippen LogP contribution in [0.4, 0.5) is 0 Å². The largest absolute Gasteiger partial charge is 0.380 e. The van der Waals surface area contributed by atoms with Gasteiger partial charge in [0.25, 0.3) is 0 Å². The fourth-order valence-corrected chi connectivity index (χ4v) is 2.70. The number of piperidine rings is 1. The molecular weight excluding hydrogens is 234 g/mol. The molecule has 0 aromatic heterocycles. The lowest BCUT2D eigenvalue weighted by Gasteiger charge is -2.33. The molecule has 0 aromatic carbocycles. The van der Waals surface area contributed by atoms with Gasteiger partial charge in [-0.2, -0.15) is 0 Å². The number of ether oxygens (including phenoxy) is 1. The first-order chi connectivity index (χ1) is 8.61. The van der Waals surface area contributed by atoms with Gasteiger partial charge in [-0.15, -0.1) is 0 Å². The minimum absolute atomic E-state index is 0.0699. The third-order valence-corrected chi connectivity index (χ3v) is 3.86. The van der Waals surface area contributed by atoms with Crippen molar-refractivity contribution in [3.05, 3.63) is 0 Å². The molecule has 18 heavy (non-hydrogen) atoms. The Morgan fingerprint density at radius 2 is 2.22 bits per heavy atom. The molecule has 0 saturated carbocycles. The predicted molar refractivity (Wildman–Crippen MR) is 65.7 cm³/mol. The number of amides is 2. The van der Waals surface area contributed by atoms with E-state index in [9.17, 15) is 9.59 Å². The van der Waals surface area contributed by atoms with Crippen LogP contribution in [-0.4, -0.2) is 55.6 Å². The number of carbonyl (C=O) groups is 2. The maximum absolute atomic E-state index is 12.3. The van der Waals surface area contributed by atoms with Gasteiger partial charge in [-0.3, -0.25) is 9.59 Å². The van der Waals surface area contributed by atoms with Gasteiger partial charge in [0.1, 0.15) is 0 Å². The number of nitrogens with two attached hydrogens (primary N) is 1. The smallest absolute Gasteiger partial charge is 0.239 e. The van der Waals surface area contributed by atoms with Crippen LogP contribution in [0.25, 0.3) is 0 Å². The standard InChI is InChI=1S/C12H21N3O3/c1-18-9-5-10(14-6-9)12(17)15-4-2-3-8(7-15)11(13)16/h8-10,14H,2-7H2,1H3,(H2,13,16). The minimum Gasteiger partial charge on any atom is -0.380 e. The molecule has 102 valence electrons. The number of hydrogen-bond acceptors (Lipinski definition) is 4. The lowest BCUT2D eigenvalue weighted by molar-refractivity contribution is -0.136. The highest BCUT2D eigenvalue weighted by Crippen LogP contribution is 2.19. The molecule has 2 fully saturated rings. The zero-order chi connectivity index (χ0) is 13.1. The second-order valence-corrected chi connectivity index (χ2v) is 5.08. The van der Waals surface area contributed by atoms with E-state index in [2.05, 4.69) is 5.32 Å². The van der Waals surface area contributed by atoms with Gasteiger partial charge < -0.3 is 20.7 Å². The van der Waals surface area contributed by atoms with Crippen molar-refractivity contribution >= 4 is 11.8 Å². The van der Waals surface area contributed by atoms with E-state index >= 15 is 0 Å². The first-order valence-corrected chi connectivity index (χ1v) is 6.46. The molecule has 2 heterocycles. The van der Waals surface area contributed by atoms with Crippen LogP contribution >= 0.6 is 0 Å². The van der Waals surface area contributed by atoms with Gasteiger partial charge in [-0.1, -0.05) is 0 Å². The van der Waals surface area contributed by atoms with Crippen LogP contribution in [0.5, 0.6) is 0 Å². The molecule has 2 amide bonds. The van der Waals surface area contributed by atoms with Gasteiger partial charge in [0.15, 0.2) is 0 Å². The van der Waals surface area contributed by atoms with E-state index < -0.39 is 0 Å². The molecule has 2 aliphatic heterocycles. The molecule has 2 rings (SSSR count). The van der Waals surface area contributed by atoms with Crippen molar-refractivity contribution in [3.63, 3.8) is 0 Å². The molecule has 2 saturated heterocycles. The fraction of sp³-hybridized carbons (Fsp3) is 0.833. The SMILES string of the molecule is COC1CNC(C(=O)N2CCCC(C(N)=O)C2)C1. The molecule has 0 aromatic rings. The van der Waals surface area contributed by atoms with E-state index in [-0.39, 0.29) is 29.9 Å². The van der Waals surface area contributed by atoms with Crippen LogP contribution in [0.15, 0.2) is 0 Å². The Bertz CT molecular complexity index is 335. The predicted octanol–water partition coefficient (Wildman–Crippen LogP) is -0.913. The molecule has 0 radical (unpaired) electrons. The normalized spacial score (nSPS) is 32.5. The fourth-order valence-electron chi connectivity index (χ4n) is 2.70. The van der Waals surface area contributed by atoms with Gasteiger partial charge in [-0.25, -0.2) is 0 Å². The van der Waals surface area contributed by atoms with E-state index in [0.717, 1.165) is 19.4 Å². The third kappa shape index (κ3) is 2.81. The van der Waals surface area contributed by atoms with Gasteiger partial charge in [0.2, 0.25) is 11.8 Å². The van der Waals surface area contributed by atoms with Crippen molar-refractivity contribution < 1.29 is 14.3 Å². The van der Waals surface area contributed by atoms with Crippen molar-refractivity contribution in [1.29, 1.82) is 0 Å². The van der Waals surface area contributed by atoms with Crippen LogP contribution in [-0.2, 0) is 14.3 Å². The van der Waals surface area contributed by atoms with Crippen LogP contribution in [0.1, 0.15) is 19.3 Å². The molecule has 3 N–H and O–H groups in total. The molecule has 3 unspecified atom stereocenters. The first-order valence-electron chi connectivity index (χ1n) is 6.46. The Labute approximate surface area is 107 Å². The van der Waals surface area contributed by atoms with Gasteiger partial charge in [-0.05, 0) is 19.3 Å². The summed E-state index contributed by atoms with van der Waals surface area (Å²) in [5.41, 5.74) is 5.31. The number of likely N-dealkylation sites (tertiary alicyclic amines) is 1. The average molecular weight is 255 g/mol. The number of methoxy groups -OCH3 is 1. The van der Waals surface area contributed by atoms with Crippen LogP contribution in [0.2, 0.25) is 0 Å². The molecule has 6 nitrogen and oxygen atoms in total. The lowest BCUT2D eigenvalue weighted by Crippen LogP contribution is -2.49. The Morgan fingerprint density at radius 1 is 1.44 bits per heavy atom. The highest BCUT2D eigenvalue weighted by atomic mass is 16.5. The number of nitrogens with one attached hydrogen (secondary N) is 1. The summed E-state index contributed by atoms with van der Waals surface area (Å²) in [6.07, 6.45) is 2.45. The molecule has 0 aliphatic carbocycles. The number of nitrogens with zero attached hydrogens (tertiary/aromatic N) is 1. The van der Waals surface area contributed by atoms with E-state index in [1.807, 2.05) is 0 Å². The Kier molecular flexibility index (Phi) is 4.19. The molecule has 0 spiro atoms. The second kappa shape index (κ2) is 5.67. The van der Waals surface area contributed by atoms with Gasteiger partial charge in [0, 0.05) is 26.7 Å². The summed E-state index contributed by atoms with van der Waals surface area (Å²) in [5, 5.41) is 3.17. The maximum Gasteiger partial charge on any atom is 0.239 e. The quantitative estimate of drug-likeness (QED) is 0.683. The maximum atomic E-state index is 12.3. The molecule has 6 heteroatoms. The van der Waals surface area contributed by atoms with Crippen LogP contribution < -0.4 is 11.1 Å². The minimum atomic E-state index is -0.304. The average Bonchev–Trinajstić information content (AvgIpc) is 2.86. The number of carbonyl (C=O) groups excluding carboxylic acids is 2. The van der Waals surface area contributed by atoms with Crippen molar-refractivity contribution in [2.24, 2.45) is 11.7 Å². The Balaban J connectivity index is 1.91. The van der Waals surface area contributed by atoms with E-state index in [1.165, 1.54) is 0 Å². The number of rotatable bonds is 3. The molecular formula is C12H21N3O3. The third-order valence-electron chi connectivity index (χ3n) is 3.86. The Morgan fingerprint density at radius 3 is 2.83 bits per heavy atom. The summed E-state index contributed by atoms with van der Waals surface area (Å²) in [5.74, 6) is -0.426. The van der Waals surface area contributed by atoms with Crippen LogP contribution in [0, 0.1) is 5.92 Å². The van der Waals surface area contributed by atoms with E-state index in [0.29, 0.717) is 19.5 Å². The summed E-state index contributed by atoms with van der Waals surface area (Å²) in [4.78, 5) is 25.2. The zero-order valence-corrected chi connectivity index (χ0v) is 10.7. The van der Waals surface area contributed by atoms with Crippen molar-refractivity contribution in [3.8, 4) is 0 Å². The highest BCUT2D eigenvalue weighted by molar-refractivity contribution is 5.84. The molecule has 2 aliphatic rings. The van der Waals surface area contributed by atoms with Gasteiger partial charge >= 0.3 is 0 Å². The first kappa shape index (κ1) is 13.3. The lowest BCUT2D eigenvalue weighted by atomic mass is 9.97. The van der Waals surface area contributed by atoms with E-state index in [4.69, 9.17) is 10.5 Å². The summed E-state index contributed by atoms with van der Waals surface area (Å²) in [6.45, 7) is 1.89. The highest BCUT2D eigenvalue weighted by Gasteiger charge is 2.35. The monoisotopic (exact) mass is 255 g/mol. The molecule has 3 atom stereocenters. The van der Waals surface area contributed by atoms with Crippen LogP contribution in [0.3, 0.4) is 0 Å². The number of hydrogen-bond donors (Lipinski definition) is 2. The van der Waals surface area contributed by atoms with Crippen molar-refractivity contribution in [2.75, 3.05) is 26.7 Å². The second-order valence-electron chi connectivity index (χ2n) is 5.08. The van der Waals surface area contributed by atoms with E-state index in [1.54, 1.807) is 12.0 Å². The summed E-state index contributed by atoms with van der Waals surface area (Å²) < 4.78 is 5.23. The van der Waals surface area contributed by atoms with Crippen molar-refractivity contribution in [2.45, 2.75) is 31.4 Å². The number of primary amides is 1. The van der Waals surface area contributed by atoms with Gasteiger partial charge in [0.05, 0.1) is 18.1 Å².